The highest BCUT2D eigenvalue weighted by Gasteiger charge is 2.22. The van der Waals surface area contributed by atoms with Crippen molar-refractivity contribution in [1.29, 1.82) is 0 Å². The molecule has 0 aliphatic heterocycles. The molecule has 5 heteroatoms. The quantitative estimate of drug-likeness (QED) is 0.688. The smallest absolute Gasteiger partial charge is 0.326 e. The SMILES string of the molecule is C=CCCC(NC(=O)c1ccc(OCC2CC2)cc1)C(=O)O. The van der Waals surface area contributed by atoms with Gasteiger partial charge in [-0.25, -0.2) is 4.79 Å². The summed E-state index contributed by atoms with van der Waals surface area (Å²) in [6, 6.07) is 5.85. The summed E-state index contributed by atoms with van der Waals surface area (Å²) in [7, 11) is 0. The summed E-state index contributed by atoms with van der Waals surface area (Å²) in [5.74, 6) is -0.0427. The lowest BCUT2D eigenvalue weighted by atomic mass is 10.1. The van der Waals surface area contributed by atoms with E-state index in [1.54, 1.807) is 30.3 Å². The second-order valence-corrected chi connectivity index (χ2v) is 5.51. The van der Waals surface area contributed by atoms with Crippen molar-refractivity contribution in [2.24, 2.45) is 5.92 Å². The molecule has 0 saturated heterocycles. The van der Waals surface area contributed by atoms with Gasteiger partial charge in [0.25, 0.3) is 5.91 Å². The van der Waals surface area contributed by atoms with Crippen molar-refractivity contribution in [2.45, 2.75) is 31.7 Å². The number of allylic oxidation sites excluding steroid dienone is 1. The maximum Gasteiger partial charge on any atom is 0.326 e. The van der Waals surface area contributed by atoms with E-state index in [0.717, 1.165) is 5.75 Å². The van der Waals surface area contributed by atoms with Gasteiger partial charge in [0.2, 0.25) is 0 Å². The number of ether oxygens (including phenoxy) is 1. The molecular formula is C17H21NO4. The average Bonchev–Trinajstić information content (AvgIpc) is 3.33. The van der Waals surface area contributed by atoms with Crippen LogP contribution in [0.5, 0.6) is 5.75 Å². The van der Waals surface area contributed by atoms with Crippen LogP contribution in [0, 0.1) is 5.92 Å². The lowest BCUT2D eigenvalue weighted by Gasteiger charge is -2.14. The van der Waals surface area contributed by atoms with Gasteiger partial charge in [0, 0.05) is 5.56 Å². The summed E-state index contributed by atoms with van der Waals surface area (Å²) in [5, 5.41) is 11.6. The minimum atomic E-state index is -1.04. The predicted molar refractivity (Wildman–Crippen MR) is 83.0 cm³/mol. The van der Waals surface area contributed by atoms with Crippen molar-refractivity contribution in [3.63, 3.8) is 0 Å². The molecule has 0 spiro atoms. The Bertz CT molecular complexity index is 534. The normalized spacial score (nSPS) is 14.9. The van der Waals surface area contributed by atoms with Gasteiger partial charge in [0.1, 0.15) is 11.8 Å². The van der Waals surface area contributed by atoms with E-state index < -0.39 is 17.9 Å². The standard InChI is InChI=1S/C17H21NO4/c1-2-3-4-15(17(20)21)18-16(19)13-7-9-14(10-8-13)22-11-12-5-6-12/h2,7-10,12,15H,1,3-6,11H2,(H,18,19)(H,20,21). The Morgan fingerprint density at radius 3 is 2.59 bits per heavy atom. The van der Waals surface area contributed by atoms with E-state index in [1.165, 1.54) is 12.8 Å². The third kappa shape index (κ3) is 4.91. The second kappa shape index (κ2) is 7.64. The summed E-state index contributed by atoms with van der Waals surface area (Å²) in [4.78, 5) is 23.2. The van der Waals surface area contributed by atoms with Crippen molar-refractivity contribution >= 4 is 11.9 Å². The highest BCUT2D eigenvalue weighted by atomic mass is 16.5. The number of hydrogen-bond acceptors (Lipinski definition) is 3. The number of carboxylic acid groups (broad SMARTS) is 1. The van der Waals surface area contributed by atoms with Crippen LogP contribution >= 0.6 is 0 Å². The summed E-state index contributed by atoms with van der Waals surface area (Å²) in [5.41, 5.74) is 0.420. The van der Waals surface area contributed by atoms with Crippen LogP contribution in [0.15, 0.2) is 36.9 Å². The number of carbonyl (C=O) groups excluding carboxylic acids is 1. The lowest BCUT2D eigenvalue weighted by molar-refractivity contribution is -0.139. The number of amides is 1. The maximum absolute atomic E-state index is 12.1. The Morgan fingerprint density at radius 1 is 1.36 bits per heavy atom. The molecule has 0 aromatic heterocycles. The monoisotopic (exact) mass is 303 g/mol. The van der Waals surface area contributed by atoms with Gasteiger partial charge >= 0.3 is 5.97 Å². The van der Waals surface area contributed by atoms with Gasteiger partial charge in [-0.3, -0.25) is 4.79 Å². The van der Waals surface area contributed by atoms with Gasteiger partial charge in [-0.05, 0) is 55.9 Å². The van der Waals surface area contributed by atoms with Crippen molar-refractivity contribution < 1.29 is 19.4 Å². The molecule has 1 aromatic carbocycles. The third-order valence-corrected chi connectivity index (χ3v) is 3.56. The molecule has 1 aromatic rings. The number of carbonyl (C=O) groups is 2. The first kappa shape index (κ1) is 16.1. The second-order valence-electron chi connectivity index (χ2n) is 5.51. The summed E-state index contributed by atoms with van der Waals surface area (Å²) >= 11 is 0. The van der Waals surface area contributed by atoms with Crippen LogP contribution in [0.3, 0.4) is 0 Å². The van der Waals surface area contributed by atoms with Crippen molar-refractivity contribution in [1.82, 2.24) is 5.32 Å². The van der Waals surface area contributed by atoms with Gasteiger partial charge in [-0.2, -0.15) is 0 Å². The molecule has 1 aliphatic carbocycles. The molecule has 1 unspecified atom stereocenters. The first-order valence-electron chi connectivity index (χ1n) is 7.47. The molecule has 0 bridgehead atoms. The van der Waals surface area contributed by atoms with E-state index in [1.807, 2.05) is 0 Å². The fourth-order valence-electron chi connectivity index (χ4n) is 1.98. The molecule has 5 nitrogen and oxygen atoms in total. The fourth-order valence-corrected chi connectivity index (χ4v) is 1.98. The molecule has 118 valence electrons. The lowest BCUT2D eigenvalue weighted by Crippen LogP contribution is -2.40. The molecule has 1 amide bonds. The zero-order valence-corrected chi connectivity index (χ0v) is 12.5. The first-order valence-corrected chi connectivity index (χ1v) is 7.47. The number of hydrogen-bond donors (Lipinski definition) is 2. The molecule has 22 heavy (non-hydrogen) atoms. The number of carboxylic acids is 1. The largest absolute Gasteiger partial charge is 0.493 e. The highest BCUT2D eigenvalue weighted by molar-refractivity contribution is 5.96. The zero-order chi connectivity index (χ0) is 15.9. The molecule has 1 aliphatic rings. The highest BCUT2D eigenvalue weighted by Crippen LogP contribution is 2.29. The van der Waals surface area contributed by atoms with Gasteiger partial charge in [-0.15, -0.1) is 6.58 Å². The first-order chi connectivity index (χ1) is 10.6. The summed E-state index contributed by atoms with van der Waals surface area (Å²) in [6.45, 7) is 4.27. The minimum absolute atomic E-state index is 0.327. The molecule has 2 rings (SSSR count). The molecule has 0 radical (unpaired) electrons. The van der Waals surface area contributed by atoms with Crippen LogP contribution in [0.25, 0.3) is 0 Å². The molecule has 0 heterocycles. The van der Waals surface area contributed by atoms with E-state index in [-0.39, 0.29) is 0 Å². The summed E-state index contributed by atoms with van der Waals surface area (Å²) < 4.78 is 5.60. The van der Waals surface area contributed by atoms with Gasteiger partial charge in [0.05, 0.1) is 6.61 Å². The molecule has 1 atom stereocenters. The minimum Gasteiger partial charge on any atom is -0.493 e. The zero-order valence-electron chi connectivity index (χ0n) is 12.5. The van der Waals surface area contributed by atoms with E-state index in [0.29, 0.717) is 30.9 Å². The van der Waals surface area contributed by atoms with Gasteiger partial charge in [0.15, 0.2) is 0 Å². The van der Waals surface area contributed by atoms with Crippen molar-refractivity contribution in [2.75, 3.05) is 6.61 Å². The molecule has 2 N–H and O–H groups in total. The summed E-state index contributed by atoms with van der Waals surface area (Å²) in [6.07, 6.45) is 4.94. The van der Waals surface area contributed by atoms with Crippen molar-refractivity contribution in [3.05, 3.63) is 42.5 Å². The Balaban J connectivity index is 1.89. The fraction of sp³-hybridized carbons (Fsp3) is 0.412. The molecular weight excluding hydrogens is 282 g/mol. The van der Waals surface area contributed by atoms with Crippen LogP contribution in [-0.2, 0) is 4.79 Å². The van der Waals surface area contributed by atoms with Gasteiger partial charge < -0.3 is 15.2 Å². The number of rotatable bonds is 9. The Morgan fingerprint density at radius 2 is 2.05 bits per heavy atom. The van der Waals surface area contributed by atoms with Crippen LogP contribution < -0.4 is 10.1 Å². The van der Waals surface area contributed by atoms with Crippen LogP contribution in [0.1, 0.15) is 36.0 Å². The maximum atomic E-state index is 12.1. The average molecular weight is 303 g/mol. The molecule has 1 fully saturated rings. The number of aliphatic carboxylic acids is 1. The predicted octanol–water partition coefficient (Wildman–Crippen LogP) is 2.62. The van der Waals surface area contributed by atoms with Crippen molar-refractivity contribution in [3.8, 4) is 5.75 Å². The third-order valence-electron chi connectivity index (χ3n) is 3.56. The number of benzene rings is 1. The Labute approximate surface area is 130 Å². The number of nitrogens with one attached hydrogen (secondary N) is 1. The van der Waals surface area contributed by atoms with Crippen LogP contribution in [0.4, 0.5) is 0 Å². The van der Waals surface area contributed by atoms with E-state index >= 15 is 0 Å². The topological polar surface area (TPSA) is 75.6 Å². The molecule has 1 saturated carbocycles. The Kier molecular flexibility index (Phi) is 5.58. The van der Waals surface area contributed by atoms with E-state index in [4.69, 9.17) is 9.84 Å². The van der Waals surface area contributed by atoms with Crippen LogP contribution in [0.2, 0.25) is 0 Å². The Hall–Kier alpha value is -2.30. The van der Waals surface area contributed by atoms with Crippen LogP contribution in [-0.4, -0.2) is 29.6 Å². The van der Waals surface area contributed by atoms with E-state index in [2.05, 4.69) is 11.9 Å². The van der Waals surface area contributed by atoms with E-state index in [9.17, 15) is 9.59 Å². The van der Waals surface area contributed by atoms with Gasteiger partial charge in [-0.1, -0.05) is 6.08 Å².